The molecular weight excluding hydrogens is 404 g/mol. The SMILES string of the molecule is CCCC(C)N1CCc2ccc(N3CCN(CC4CCN(c5ccccc5)CC4)CC3)cc21. The van der Waals surface area contributed by atoms with E-state index in [1.54, 1.807) is 5.56 Å². The second-order valence-corrected chi connectivity index (χ2v) is 10.4. The van der Waals surface area contributed by atoms with Gasteiger partial charge < -0.3 is 14.7 Å². The van der Waals surface area contributed by atoms with Crippen molar-refractivity contribution in [2.24, 2.45) is 5.92 Å². The summed E-state index contributed by atoms with van der Waals surface area (Å²) in [5.41, 5.74) is 5.87. The van der Waals surface area contributed by atoms with Crippen molar-refractivity contribution in [1.29, 1.82) is 0 Å². The number of benzene rings is 2. The van der Waals surface area contributed by atoms with Crippen molar-refractivity contribution in [2.45, 2.75) is 52.0 Å². The van der Waals surface area contributed by atoms with E-state index < -0.39 is 0 Å². The van der Waals surface area contributed by atoms with Gasteiger partial charge in [-0.3, -0.25) is 4.90 Å². The van der Waals surface area contributed by atoms with E-state index in [1.807, 2.05) is 0 Å². The molecule has 0 aliphatic carbocycles. The Kier molecular flexibility index (Phi) is 7.10. The highest BCUT2D eigenvalue weighted by molar-refractivity contribution is 5.67. The Hall–Kier alpha value is -2.20. The second kappa shape index (κ2) is 10.4. The van der Waals surface area contributed by atoms with E-state index >= 15 is 0 Å². The van der Waals surface area contributed by atoms with Crippen molar-refractivity contribution in [1.82, 2.24) is 4.90 Å². The van der Waals surface area contributed by atoms with Gasteiger partial charge >= 0.3 is 0 Å². The molecule has 2 aromatic rings. The van der Waals surface area contributed by atoms with Crippen LogP contribution in [0.3, 0.4) is 0 Å². The molecule has 0 spiro atoms. The molecule has 2 fully saturated rings. The molecule has 1 atom stereocenters. The number of piperidine rings is 1. The molecule has 5 rings (SSSR count). The second-order valence-electron chi connectivity index (χ2n) is 10.4. The minimum atomic E-state index is 0.650. The lowest BCUT2D eigenvalue weighted by atomic mass is 9.95. The van der Waals surface area contributed by atoms with Crippen LogP contribution in [0.15, 0.2) is 48.5 Å². The lowest BCUT2D eigenvalue weighted by Gasteiger charge is -2.40. The molecule has 0 N–H and O–H groups in total. The summed E-state index contributed by atoms with van der Waals surface area (Å²) in [5.74, 6) is 0.852. The van der Waals surface area contributed by atoms with E-state index in [9.17, 15) is 0 Å². The van der Waals surface area contributed by atoms with E-state index in [0.29, 0.717) is 6.04 Å². The molecule has 178 valence electrons. The van der Waals surface area contributed by atoms with Gasteiger partial charge in [0.05, 0.1) is 0 Å². The average molecular weight is 447 g/mol. The Morgan fingerprint density at radius 1 is 0.818 bits per heavy atom. The Morgan fingerprint density at radius 3 is 2.27 bits per heavy atom. The zero-order chi connectivity index (χ0) is 22.6. The van der Waals surface area contributed by atoms with Gasteiger partial charge in [-0.2, -0.15) is 0 Å². The number of nitrogens with zero attached hydrogens (tertiary/aromatic N) is 4. The van der Waals surface area contributed by atoms with E-state index in [2.05, 4.69) is 82.0 Å². The van der Waals surface area contributed by atoms with E-state index in [-0.39, 0.29) is 0 Å². The Bertz CT molecular complexity index is 882. The van der Waals surface area contributed by atoms with Crippen LogP contribution in [0.5, 0.6) is 0 Å². The van der Waals surface area contributed by atoms with Crippen LogP contribution in [0.25, 0.3) is 0 Å². The third-order valence-electron chi connectivity index (χ3n) is 8.23. The Balaban J connectivity index is 1.11. The van der Waals surface area contributed by atoms with E-state index in [4.69, 9.17) is 0 Å². The molecule has 0 aromatic heterocycles. The van der Waals surface area contributed by atoms with Crippen LogP contribution in [-0.2, 0) is 6.42 Å². The van der Waals surface area contributed by atoms with Gasteiger partial charge in [0.15, 0.2) is 0 Å². The molecular formula is C29H42N4. The fourth-order valence-corrected chi connectivity index (χ4v) is 6.19. The first-order chi connectivity index (χ1) is 16.2. The molecule has 0 bridgehead atoms. The van der Waals surface area contributed by atoms with Gasteiger partial charge in [0, 0.05) is 75.5 Å². The van der Waals surface area contributed by atoms with Crippen LogP contribution < -0.4 is 14.7 Å². The lowest BCUT2D eigenvalue weighted by Crippen LogP contribution is -2.49. The third-order valence-corrected chi connectivity index (χ3v) is 8.23. The molecule has 4 heteroatoms. The zero-order valence-corrected chi connectivity index (χ0v) is 20.8. The molecule has 0 saturated carbocycles. The maximum absolute atomic E-state index is 2.72. The molecule has 0 amide bonds. The van der Waals surface area contributed by atoms with Crippen LogP contribution in [-0.4, -0.2) is 63.3 Å². The molecule has 2 aromatic carbocycles. The average Bonchev–Trinajstić information content (AvgIpc) is 3.29. The fraction of sp³-hybridized carbons (Fsp3) is 0.586. The molecule has 33 heavy (non-hydrogen) atoms. The summed E-state index contributed by atoms with van der Waals surface area (Å²) < 4.78 is 0. The van der Waals surface area contributed by atoms with Crippen LogP contribution in [0, 0.1) is 5.92 Å². The van der Waals surface area contributed by atoms with Gasteiger partial charge in [0.1, 0.15) is 0 Å². The van der Waals surface area contributed by atoms with Gasteiger partial charge in [0.25, 0.3) is 0 Å². The number of hydrogen-bond acceptors (Lipinski definition) is 4. The van der Waals surface area contributed by atoms with Gasteiger partial charge in [0.2, 0.25) is 0 Å². The number of rotatable bonds is 7. The van der Waals surface area contributed by atoms with E-state index in [1.165, 1.54) is 88.4 Å². The molecule has 3 heterocycles. The minimum Gasteiger partial charge on any atom is -0.372 e. The molecule has 3 aliphatic rings. The number of piperazine rings is 1. The standard InChI is InChI=1S/C29H42N4/c1-3-7-24(2)33-17-14-26-10-11-28(22-29(26)33)32-20-18-30(19-21-32)23-25-12-15-31(16-13-25)27-8-5-4-6-9-27/h4-6,8-11,22,24-25H,3,7,12-21,23H2,1-2H3. The van der Waals surface area contributed by atoms with Crippen molar-refractivity contribution in [3.8, 4) is 0 Å². The highest BCUT2D eigenvalue weighted by Gasteiger charge is 2.26. The number of hydrogen-bond donors (Lipinski definition) is 0. The predicted molar refractivity (Wildman–Crippen MR) is 142 cm³/mol. The maximum atomic E-state index is 2.72. The van der Waals surface area contributed by atoms with Gasteiger partial charge in [-0.15, -0.1) is 0 Å². The molecule has 2 saturated heterocycles. The quantitative estimate of drug-likeness (QED) is 0.574. The summed E-state index contributed by atoms with van der Waals surface area (Å²) in [6.07, 6.45) is 6.41. The fourth-order valence-electron chi connectivity index (χ4n) is 6.19. The summed E-state index contributed by atoms with van der Waals surface area (Å²) in [6, 6.07) is 18.8. The van der Waals surface area contributed by atoms with Crippen LogP contribution in [0.4, 0.5) is 17.1 Å². The van der Waals surface area contributed by atoms with Gasteiger partial charge in [-0.05, 0) is 68.4 Å². The summed E-state index contributed by atoms with van der Waals surface area (Å²) in [5, 5.41) is 0. The highest BCUT2D eigenvalue weighted by atomic mass is 15.3. The molecule has 4 nitrogen and oxygen atoms in total. The first kappa shape index (κ1) is 22.6. The van der Waals surface area contributed by atoms with Crippen LogP contribution >= 0.6 is 0 Å². The minimum absolute atomic E-state index is 0.650. The van der Waals surface area contributed by atoms with Crippen molar-refractivity contribution >= 4 is 17.1 Å². The topological polar surface area (TPSA) is 13.0 Å². The normalized spacial score (nSPS) is 20.8. The summed E-state index contributed by atoms with van der Waals surface area (Å²) in [4.78, 5) is 10.6. The Labute approximate surface area is 201 Å². The zero-order valence-electron chi connectivity index (χ0n) is 20.8. The highest BCUT2D eigenvalue weighted by Crippen LogP contribution is 2.34. The predicted octanol–water partition coefficient (Wildman–Crippen LogP) is 5.28. The first-order valence-electron chi connectivity index (χ1n) is 13.4. The number of fused-ring (bicyclic) bond motifs is 1. The van der Waals surface area contributed by atoms with Gasteiger partial charge in [-0.25, -0.2) is 0 Å². The smallest absolute Gasteiger partial charge is 0.0422 e. The molecule has 3 aliphatic heterocycles. The third kappa shape index (κ3) is 5.16. The molecule has 1 unspecified atom stereocenters. The van der Waals surface area contributed by atoms with Gasteiger partial charge in [-0.1, -0.05) is 37.6 Å². The van der Waals surface area contributed by atoms with Crippen molar-refractivity contribution < 1.29 is 0 Å². The number of para-hydroxylation sites is 1. The lowest BCUT2D eigenvalue weighted by molar-refractivity contribution is 0.201. The summed E-state index contributed by atoms with van der Waals surface area (Å²) in [6.45, 7) is 14.3. The largest absolute Gasteiger partial charge is 0.372 e. The summed E-state index contributed by atoms with van der Waals surface area (Å²) in [7, 11) is 0. The van der Waals surface area contributed by atoms with E-state index in [0.717, 1.165) is 19.0 Å². The number of anilines is 3. The van der Waals surface area contributed by atoms with Crippen LogP contribution in [0.2, 0.25) is 0 Å². The van der Waals surface area contributed by atoms with Crippen LogP contribution in [0.1, 0.15) is 45.1 Å². The molecule has 0 radical (unpaired) electrons. The maximum Gasteiger partial charge on any atom is 0.0422 e. The Morgan fingerprint density at radius 2 is 1.55 bits per heavy atom. The monoisotopic (exact) mass is 446 g/mol. The van der Waals surface area contributed by atoms with Crippen molar-refractivity contribution in [3.05, 3.63) is 54.1 Å². The summed E-state index contributed by atoms with van der Waals surface area (Å²) >= 11 is 0. The first-order valence-corrected chi connectivity index (χ1v) is 13.4. The van der Waals surface area contributed by atoms with Crippen molar-refractivity contribution in [3.63, 3.8) is 0 Å². The van der Waals surface area contributed by atoms with Crippen molar-refractivity contribution in [2.75, 3.05) is 67.1 Å².